The van der Waals surface area contributed by atoms with Crippen molar-refractivity contribution >= 4 is 40.0 Å². The second-order valence-corrected chi connectivity index (χ2v) is 13.6. The number of hydrogen-bond donors (Lipinski definition) is 0. The van der Waals surface area contributed by atoms with Crippen LogP contribution >= 0.6 is 22.1 Å². The van der Waals surface area contributed by atoms with Gasteiger partial charge < -0.3 is 42.6 Å². The fourth-order valence-electron chi connectivity index (χ4n) is 1.19. The van der Waals surface area contributed by atoms with E-state index in [1.807, 2.05) is 0 Å². The standard InChI is InChI=1S/3C5H11O4P.Fe/c3*1-9-5(6)3-4-10(2,7)8;/h3*3-4H2,1-2H3,(H,7,8);/q;;;+3/p-3. The zero-order chi connectivity index (χ0) is 24.6. The topological polar surface area (TPSA) is 199 Å². The number of carbonyl (C=O) groups is 3. The summed E-state index contributed by atoms with van der Waals surface area (Å²) in [6.07, 6.45) is -0.478. The van der Waals surface area contributed by atoms with Gasteiger partial charge in [-0.25, -0.2) is 0 Å². The van der Waals surface area contributed by atoms with E-state index in [-0.39, 0.29) is 54.8 Å². The molecular weight excluding hydrogens is 521 g/mol. The van der Waals surface area contributed by atoms with Crippen LogP contribution in [0.15, 0.2) is 0 Å². The zero-order valence-electron chi connectivity index (χ0n) is 18.3. The molecule has 0 saturated carbocycles. The second kappa shape index (κ2) is 19.0. The fraction of sp³-hybridized carbons (Fsp3) is 0.800. The quantitative estimate of drug-likeness (QED) is 0.154. The first-order valence-corrected chi connectivity index (χ1v) is 15.2. The van der Waals surface area contributed by atoms with Crippen molar-refractivity contribution in [1.29, 1.82) is 0 Å². The Morgan fingerprint density at radius 2 is 0.742 bits per heavy atom. The Morgan fingerprint density at radius 3 is 0.839 bits per heavy atom. The average molecular weight is 551 g/mol. The molecule has 3 atom stereocenters. The summed E-state index contributed by atoms with van der Waals surface area (Å²) < 4.78 is 44.2. The SMILES string of the molecule is COC(=O)CCP(C)(=O)[O-].COC(=O)CCP(C)(=O)[O-].COC(=O)CCP(C)(=O)[O-].[Fe+3]. The van der Waals surface area contributed by atoms with Crippen molar-refractivity contribution in [2.24, 2.45) is 0 Å². The largest absolute Gasteiger partial charge is 3.00 e. The summed E-state index contributed by atoms with van der Waals surface area (Å²) in [6.45, 7) is 3.32. The summed E-state index contributed by atoms with van der Waals surface area (Å²) in [7, 11) is -6.16. The summed E-state index contributed by atoms with van der Waals surface area (Å²) in [6, 6.07) is 0. The van der Waals surface area contributed by atoms with Crippen LogP contribution in [-0.2, 0) is 59.4 Å². The molecule has 12 nitrogen and oxygen atoms in total. The molecule has 0 spiro atoms. The van der Waals surface area contributed by atoms with Gasteiger partial charge in [0.05, 0.1) is 40.6 Å². The normalized spacial score (nSPS) is 15.4. The van der Waals surface area contributed by atoms with Crippen LogP contribution in [0.1, 0.15) is 19.3 Å². The monoisotopic (exact) mass is 551 g/mol. The van der Waals surface area contributed by atoms with Gasteiger partial charge in [0.15, 0.2) is 0 Å². The van der Waals surface area contributed by atoms with E-state index in [2.05, 4.69) is 14.2 Å². The Morgan fingerprint density at radius 1 is 0.581 bits per heavy atom. The molecule has 0 aliphatic carbocycles. The third-order valence-electron chi connectivity index (χ3n) is 2.85. The maximum Gasteiger partial charge on any atom is 3.00 e. The van der Waals surface area contributed by atoms with Crippen molar-refractivity contribution in [3.8, 4) is 0 Å². The molecular formula is C15H30FeO12P3. The van der Waals surface area contributed by atoms with E-state index in [9.17, 15) is 42.8 Å². The summed E-state index contributed by atoms with van der Waals surface area (Å²) in [4.78, 5) is 62.5. The van der Waals surface area contributed by atoms with Crippen LogP contribution in [0.2, 0.25) is 0 Å². The van der Waals surface area contributed by atoms with Crippen molar-refractivity contribution in [3.63, 3.8) is 0 Å². The molecule has 0 aromatic heterocycles. The summed E-state index contributed by atoms with van der Waals surface area (Å²) in [5, 5.41) is 0. The Hall–Kier alpha value is -0.501. The summed E-state index contributed by atoms with van der Waals surface area (Å²) >= 11 is 0. The molecule has 3 unspecified atom stereocenters. The molecule has 185 valence electrons. The van der Waals surface area contributed by atoms with Gasteiger partial charge in [0.1, 0.15) is 0 Å². The smallest absolute Gasteiger partial charge is 0.799 e. The number of methoxy groups -OCH3 is 3. The van der Waals surface area contributed by atoms with E-state index in [1.165, 1.54) is 21.3 Å². The Labute approximate surface area is 193 Å². The molecule has 0 fully saturated rings. The first-order chi connectivity index (χ1) is 13.4. The van der Waals surface area contributed by atoms with E-state index in [1.54, 1.807) is 0 Å². The van der Waals surface area contributed by atoms with Crippen molar-refractivity contribution in [2.45, 2.75) is 19.3 Å². The van der Waals surface area contributed by atoms with Crippen molar-refractivity contribution in [1.82, 2.24) is 0 Å². The fourth-order valence-corrected chi connectivity index (χ4v) is 2.96. The predicted molar refractivity (Wildman–Crippen MR) is 105 cm³/mol. The minimum Gasteiger partial charge on any atom is -0.799 e. The van der Waals surface area contributed by atoms with Crippen LogP contribution in [-0.4, -0.2) is 77.7 Å². The minimum absolute atomic E-state index is 0. The van der Waals surface area contributed by atoms with Crippen LogP contribution in [0.25, 0.3) is 0 Å². The van der Waals surface area contributed by atoms with Gasteiger partial charge in [0, 0.05) is 22.1 Å². The molecule has 0 N–H and O–H groups in total. The molecule has 0 aliphatic heterocycles. The Kier molecular flexibility index (Phi) is 23.2. The van der Waals surface area contributed by atoms with Gasteiger partial charge in [-0.15, -0.1) is 0 Å². The summed E-state index contributed by atoms with van der Waals surface area (Å²) in [5.41, 5.74) is 0. The molecule has 0 aromatic rings. The van der Waals surface area contributed by atoms with E-state index >= 15 is 0 Å². The Bertz CT molecular complexity index is 574. The number of ether oxygens (including phenoxy) is 3. The maximum atomic E-state index is 10.5. The van der Waals surface area contributed by atoms with Gasteiger partial charge in [-0.3, -0.25) is 14.4 Å². The van der Waals surface area contributed by atoms with E-state index in [0.29, 0.717) is 0 Å². The van der Waals surface area contributed by atoms with Gasteiger partial charge in [-0.2, -0.15) is 0 Å². The molecule has 0 aliphatic rings. The molecule has 1 radical (unpaired) electrons. The first kappa shape index (κ1) is 37.8. The van der Waals surface area contributed by atoms with Crippen LogP contribution in [0.3, 0.4) is 0 Å². The number of esters is 3. The van der Waals surface area contributed by atoms with Crippen LogP contribution in [0.4, 0.5) is 0 Å². The van der Waals surface area contributed by atoms with Gasteiger partial charge in [-0.1, -0.05) is 0 Å². The number of rotatable bonds is 9. The van der Waals surface area contributed by atoms with E-state index in [4.69, 9.17) is 0 Å². The molecule has 0 amide bonds. The average Bonchev–Trinajstić information content (AvgIpc) is 2.61. The molecule has 0 saturated heterocycles. The second-order valence-electron chi connectivity index (χ2n) is 6.19. The Balaban J connectivity index is -0.000000174. The third-order valence-corrected chi connectivity index (χ3v) is 5.96. The van der Waals surface area contributed by atoms with Gasteiger partial charge >= 0.3 is 35.0 Å². The summed E-state index contributed by atoms with van der Waals surface area (Å²) in [5.74, 6) is -1.46. The van der Waals surface area contributed by atoms with Crippen LogP contribution < -0.4 is 14.7 Å². The maximum absolute atomic E-state index is 10.5. The molecule has 0 rings (SSSR count). The molecule has 16 heteroatoms. The van der Waals surface area contributed by atoms with Crippen molar-refractivity contribution in [3.05, 3.63) is 0 Å². The van der Waals surface area contributed by atoms with E-state index < -0.39 is 40.0 Å². The van der Waals surface area contributed by atoms with Crippen LogP contribution in [0, 0.1) is 0 Å². The van der Waals surface area contributed by atoms with Crippen molar-refractivity contribution in [2.75, 3.05) is 59.8 Å². The number of carbonyl (C=O) groups excluding carboxylic acids is 3. The van der Waals surface area contributed by atoms with E-state index in [0.717, 1.165) is 20.0 Å². The first-order valence-electron chi connectivity index (χ1n) is 8.40. The van der Waals surface area contributed by atoms with Crippen LogP contribution in [0.5, 0.6) is 0 Å². The molecule has 0 bridgehead atoms. The zero-order valence-corrected chi connectivity index (χ0v) is 22.1. The molecule has 0 aromatic carbocycles. The molecule has 0 heterocycles. The third kappa shape index (κ3) is 40.4. The molecule has 31 heavy (non-hydrogen) atoms. The van der Waals surface area contributed by atoms with Gasteiger partial charge in [0.2, 0.25) is 0 Å². The minimum atomic E-state index is -3.28. The van der Waals surface area contributed by atoms with Gasteiger partial charge in [0.25, 0.3) is 0 Å². The predicted octanol–water partition coefficient (Wildman–Crippen LogP) is -0.549. The number of hydrogen-bond acceptors (Lipinski definition) is 12. The van der Waals surface area contributed by atoms with Gasteiger partial charge in [-0.05, 0) is 38.5 Å². The van der Waals surface area contributed by atoms with Crippen molar-refractivity contribution < 1.29 is 74.0 Å².